The van der Waals surface area contributed by atoms with Gasteiger partial charge in [0.15, 0.2) is 5.78 Å². The summed E-state index contributed by atoms with van der Waals surface area (Å²) in [6, 6.07) is 6.08. The number of carbonyl (C=O) groups is 1. The minimum atomic E-state index is -0.00323. The number of Topliss-reactive ketones (excluding diaryl/α,β-unsaturated/α-hetero) is 1. The van der Waals surface area contributed by atoms with Crippen molar-refractivity contribution in [1.29, 1.82) is 0 Å². The van der Waals surface area contributed by atoms with Gasteiger partial charge in [0.05, 0.1) is 10.7 Å². The monoisotopic (exact) mass is 405 g/mol. The maximum atomic E-state index is 12.7. The Hall–Kier alpha value is -1.46. The SMILES string of the molecule is Cc1ncc(C(=O)Cc2cc(Cl)cc(CN3CCN[C@@H](C)C3)c2C)cc1Cl. The fourth-order valence-electron chi connectivity index (χ4n) is 3.48. The summed E-state index contributed by atoms with van der Waals surface area (Å²) in [6.07, 6.45) is 1.88. The Morgan fingerprint density at radius 2 is 2.00 bits per heavy atom. The zero-order chi connectivity index (χ0) is 19.6. The van der Waals surface area contributed by atoms with E-state index in [1.165, 1.54) is 5.56 Å². The zero-order valence-electron chi connectivity index (χ0n) is 16.0. The Morgan fingerprint density at radius 1 is 1.26 bits per heavy atom. The third-order valence-electron chi connectivity index (χ3n) is 5.13. The van der Waals surface area contributed by atoms with Gasteiger partial charge in [-0.1, -0.05) is 23.2 Å². The molecule has 2 aromatic rings. The van der Waals surface area contributed by atoms with Gasteiger partial charge in [-0.2, -0.15) is 0 Å². The molecule has 0 amide bonds. The maximum Gasteiger partial charge on any atom is 0.168 e. The van der Waals surface area contributed by atoms with Crippen LogP contribution in [0.5, 0.6) is 0 Å². The van der Waals surface area contributed by atoms with Gasteiger partial charge in [-0.3, -0.25) is 14.7 Å². The Bertz CT molecular complexity index is 854. The second kappa shape index (κ2) is 8.70. The van der Waals surface area contributed by atoms with Crippen molar-refractivity contribution in [3.05, 3.63) is 62.4 Å². The van der Waals surface area contributed by atoms with Crippen molar-refractivity contribution in [2.24, 2.45) is 0 Å². The normalized spacial score (nSPS) is 17.9. The molecule has 2 heterocycles. The summed E-state index contributed by atoms with van der Waals surface area (Å²) >= 11 is 12.5. The van der Waals surface area contributed by atoms with E-state index < -0.39 is 0 Å². The molecule has 144 valence electrons. The van der Waals surface area contributed by atoms with Crippen LogP contribution in [0.25, 0.3) is 0 Å². The Balaban J connectivity index is 1.80. The number of nitrogens with zero attached hydrogens (tertiary/aromatic N) is 2. The average Bonchev–Trinajstić information content (AvgIpc) is 2.61. The highest BCUT2D eigenvalue weighted by Gasteiger charge is 2.18. The highest BCUT2D eigenvalue weighted by molar-refractivity contribution is 6.31. The van der Waals surface area contributed by atoms with Crippen molar-refractivity contribution in [2.75, 3.05) is 19.6 Å². The molecule has 1 aromatic carbocycles. The summed E-state index contributed by atoms with van der Waals surface area (Å²) in [4.78, 5) is 19.3. The molecule has 0 saturated carbocycles. The van der Waals surface area contributed by atoms with Gasteiger partial charge in [0.1, 0.15) is 0 Å². The fraction of sp³-hybridized carbons (Fsp3) is 0.429. The second-order valence-corrected chi connectivity index (χ2v) is 8.17. The summed E-state index contributed by atoms with van der Waals surface area (Å²) in [5.41, 5.74) is 4.52. The maximum absolute atomic E-state index is 12.7. The minimum Gasteiger partial charge on any atom is -0.312 e. The van der Waals surface area contributed by atoms with Crippen LogP contribution in [0.4, 0.5) is 0 Å². The molecular weight excluding hydrogens is 381 g/mol. The van der Waals surface area contributed by atoms with Gasteiger partial charge in [0.25, 0.3) is 0 Å². The predicted molar refractivity (Wildman–Crippen MR) is 111 cm³/mol. The lowest BCUT2D eigenvalue weighted by molar-refractivity contribution is 0.0992. The quantitative estimate of drug-likeness (QED) is 0.756. The van der Waals surface area contributed by atoms with E-state index in [1.807, 2.05) is 19.1 Å². The fourth-order valence-corrected chi connectivity index (χ4v) is 3.91. The van der Waals surface area contributed by atoms with Gasteiger partial charge in [-0.15, -0.1) is 0 Å². The molecule has 4 nitrogen and oxygen atoms in total. The van der Waals surface area contributed by atoms with Gasteiger partial charge in [-0.05, 0) is 55.7 Å². The van der Waals surface area contributed by atoms with Crippen molar-refractivity contribution in [3.8, 4) is 0 Å². The molecule has 27 heavy (non-hydrogen) atoms. The summed E-state index contributed by atoms with van der Waals surface area (Å²) in [7, 11) is 0. The van der Waals surface area contributed by atoms with E-state index in [1.54, 1.807) is 12.3 Å². The van der Waals surface area contributed by atoms with E-state index >= 15 is 0 Å². The molecule has 0 unspecified atom stereocenters. The summed E-state index contributed by atoms with van der Waals surface area (Å²) in [5.74, 6) is -0.00323. The number of carbonyl (C=O) groups excluding carboxylic acids is 1. The number of piperazine rings is 1. The van der Waals surface area contributed by atoms with Gasteiger partial charge in [-0.25, -0.2) is 0 Å². The van der Waals surface area contributed by atoms with Crippen LogP contribution >= 0.6 is 23.2 Å². The lowest BCUT2D eigenvalue weighted by Gasteiger charge is -2.32. The Morgan fingerprint density at radius 3 is 2.70 bits per heavy atom. The topological polar surface area (TPSA) is 45.2 Å². The number of pyridine rings is 1. The number of hydrogen-bond donors (Lipinski definition) is 1. The smallest absolute Gasteiger partial charge is 0.168 e. The minimum absolute atomic E-state index is 0.00323. The summed E-state index contributed by atoms with van der Waals surface area (Å²) < 4.78 is 0. The zero-order valence-corrected chi connectivity index (χ0v) is 17.5. The number of halogens is 2. The lowest BCUT2D eigenvalue weighted by Crippen LogP contribution is -2.48. The van der Waals surface area contributed by atoms with Crippen LogP contribution in [-0.2, 0) is 13.0 Å². The number of hydrogen-bond acceptors (Lipinski definition) is 4. The van der Waals surface area contributed by atoms with Crippen LogP contribution in [0.3, 0.4) is 0 Å². The molecule has 0 radical (unpaired) electrons. The molecule has 3 rings (SSSR count). The molecule has 1 atom stereocenters. The molecule has 1 aliphatic heterocycles. The first-order valence-electron chi connectivity index (χ1n) is 9.22. The molecule has 0 bridgehead atoms. The molecule has 1 aliphatic rings. The molecule has 6 heteroatoms. The first-order valence-corrected chi connectivity index (χ1v) is 9.98. The molecule has 0 aliphatic carbocycles. The highest BCUT2D eigenvalue weighted by Crippen LogP contribution is 2.24. The van der Waals surface area contributed by atoms with Crippen molar-refractivity contribution in [2.45, 2.75) is 39.8 Å². The third kappa shape index (κ3) is 5.08. The highest BCUT2D eigenvalue weighted by atomic mass is 35.5. The van der Waals surface area contributed by atoms with E-state index in [4.69, 9.17) is 23.2 Å². The van der Waals surface area contributed by atoms with E-state index in [2.05, 4.69) is 29.0 Å². The van der Waals surface area contributed by atoms with Crippen LogP contribution < -0.4 is 5.32 Å². The van der Waals surface area contributed by atoms with Crippen LogP contribution in [0.15, 0.2) is 24.4 Å². The first kappa shape index (κ1) is 20.3. The number of rotatable bonds is 5. The molecule has 1 N–H and O–H groups in total. The predicted octanol–water partition coefficient (Wildman–Crippen LogP) is 4.22. The molecule has 1 aromatic heterocycles. The van der Waals surface area contributed by atoms with Crippen molar-refractivity contribution >= 4 is 29.0 Å². The van der Waals surface area contributed by atoms with Gasteiger partial charge in [0.2, 0.25) is 0 Å². The Labute approximate surface area is 170 Å². The molecule has 0 spiro atoms. The van der Waals surface area contributed by atoms with Crippen molar-refractivity contribution in [3.63, 3.8) is 0 Å². The van der Waals surface area contributed by atoms with Gasteiger partial charge >= 0.3 is 0 Å². The third-order valence-corrected chi connectivity index (χ3v) is 5.73. The van der Waals surface area contributed by atoms with Crippen LogP contribution in [0, 0.1) is 13.8 Å². The number of ketones is 1. The van der Waals surface area contributed by atoms with E-state index in [9.17, 15) is 4.79 Å². The number of aryl methyl sites for hydroxylation is 1. The lowest BCUT2D eigenvalue weighted by atomic mass is 9.96. The standard InChI is InChI=1S/C21H25Cl2N3O/c1-13-11-26(5-4-24-13)12-18-7-19(22)6-16(14(18)2)9-21(27)17-8-20(23)15(3)25-10-17/h6-8,10,13,24H,4-5,9,11-12H2,1-3H3/t13-/m0/s1. The Kier molecular flexibility index (Phi) is 6.53. The molecule has 1 saturated heterocycles. The number of aromatic nitrogens is 1. The average molecular weight is 406 g/mol. The van der Waals surface area contributed by atoms with Crippen molar-refractivity contribution in [1.82, 2.24) is 15.2 Å². The molecular formula is C21H25Cl2N3O. The van der Waals surface area contributed by atoms with E-state index in [-0.39, 0.29) is 5.78 Å². The second-order valence-electron chi connectivity index (χ2n) is 7.33. The van der Waals surface area contributed by atoms with E-state index in [0.29, 0.717) is 28.1 Å². The van der Waals surface area contributed by atoms with Crippen molar-refractivity contribution < 1.29 is 4.79 Å². The van der Waals surface area contributed by atoms with Crippen LogP contribution in [0.1, 0.15) is 39.7 Å². The molecule has 1 fully saturated rings. The summed E-state index contributed by atoms with van der Waals surface area (Å²) in [6.45, 7) is 9.94. The number of nitrogens with one attached hydrogen (secondary N) is 1. The number of benzene rings is 1. The summed E-state index contributed by atoms with van der Waals surface area (Å²) in [5, 5.41) is 4.64. The van der Waals surface area contributed by atoms with Gasteiger partial charge in [0, 0.05) is 55.4 Å². The van der Waals surface area contributed by atoms with Gasteiger partial charge < -0.3 is 5.32 Å². The largest absolute Gasteiger partial charge is 0.312 e. The first-order chi connectivity index (χ1) is 12.8. The van der Waals surface area contributed by atoms with Crippen LogP contribution in [-0.4, -0.2) is 41.3 Å². The van der Waals surface area contributed by atoms with Crippen LogP contribution in [0.2, 0.25) is 10.0 Å². The van der Waals surface area contributed by atoms with E-state index in [0.717, 1.165) is 43.0 Å².